The molecule has 1 amide bonds. The molecule has 0 aromatic heterocycles. The molecule has 0 spiro atoms. The van der Waals surface area contributed by atoms with E-state index < -0.39 is 24.9 Å². The molecule has 0 bridgehead atoms. The van der Waals surface area contributed by atoms with E-state index in [1.807, 2.05) is 0 Å². The van der Waals surface area contributed by atoms with Crippen LogP contribution in [0.5, 0.6) is 11.5 Å². The number of benzene rings is 1. The summed E-state index contributed by atoms with van der Waals surface area (Å²) in [5, 5.41) is 10.9. The summed E-state index contributed by atoms with van der Waals surface area (Å²) in [6, 6.07) is 4.42. The van der Waals surface area contributed by atoms with Gasteiger partial charge in [0.2, 0.25) is 5.91 Å². The zero-order chi connectivity index (χ0) is 15.8. The predicted octanol–water partition coefficient (Wildman–Crippen LogP) is 1.43. The van der Waals surface area contributed by atoms with Crippen LogP contribution in [-0.2, 0) is 16.0 Å². The van der Waals surface area contributed by atoms with Crippen molar-refractivity contribution < 1.29 is 33.0 Å². The second kappa shape index (κ2) is 8.03. The maximum absolute atomic E-state index is 12.2. The minimum Gasteiger partial charge on any atom is -0.493 e. The quantitative estimate of drug-likeness (QED) is 0.710. The number of carboxylic acid groups (broad SMARTS) is 1. The molecule has 1 aromatic carbocycles. The maximum Gasteiger partial charge on any atom is 0.387 e. The lowest BCUT2D eigenvalue weighted by molar-refractivity contribution is -0.140. The number of hydrogen-bond donors (Lipinski definition) is 2. The molecule has 1 rings (SSSR count). The summed E-state index contributed by atoms with van der Waals surface area (Å²) in [7, 11) is 1.33. The molecule has 0 fully saturated rings. The molecule has 0 aliphatic heterocycles. The molecular weight excluding hydrogens is 288 g/mol. The van der Waals surface area contributed by atoms with Crippen LogP contribution in [-0.4, -0.2) is 37.2 Å². The molecule has 0 saturated carbocycles. The van der Waals surface area contributed by atoms with Gasteiger partial charge in [-0.1, -0.05) is 6.07 Å². The first kappa shape index (κ1) is 16.7. The first-order valence-electron chi connectivity index (χ1n) is 6.02. The summed E-state index contributed by atoms with van der Waals surface area (Å²) in [5.74, 6) is -1.72. The third-order valence-electron chi connectivity index (χ3n) is 2.49. The number of alkyl halides is 2. The van der Waals surface area contributed by atoms with Gasteiger partial charge in [-0.2, -0.15) is 8.78 Å². The third kappa shape index (κ3) is 6.07. The number of hydrogen-bond acceptors (Lipinski definition) is 4. The lowest BCUT2D eigenvalue weighted by atomic mass is 10.1. The van der Waals surface area contributed by atoms with Crippen molar-refractivity contribution in [3.63, 3.8) is 0 Å². The van der Waals surface area contributed by atoms with Gasteiger partial charge in [0.1, 0.15) is 6.42 Å². The standard InChI is InChI=1S/C13H15F2NO5/c1-20-10-6-8(2-3-9(10)21-13(14)15)4-5-16-11(17)7-12(18)19/h2-3,6,13H,4-5,7H2,1H3,(H,16,17)(H,18,19). The number of nitrogens with one attached hydrogen (secondary N) is 1. The van der Waals surface area contributed by atoms with Crippen LogP contribution >= 0.6 is 0 Å². The average Bonchev–Trinajstić information content (AvgIpc) is 2.38. The van der Waals surface area contributed by atoms with Gasteiger partial charge < -0.3 is 19.9 Å². The Bertz CT molecular complexity index is 507. The Morgan fingerprint density at radius 3 is 2.62 bits per heavy atom. The van der Waals surface area contributed by atoms with Gasteiger partial charge >= 0.3 is 12.6 Å². The highest BCUT2D eigenvalue weighted by Crippen LogP contribution is 2.29. The second-order valence-corrected chi connectivity index (χ2v) is 4.03. The molecule has 0 aliphatic carbocycles. The first-order chi connectivity index (χ1) is 9.92. The number of carbonyl (C=O) groups is 2. The number of aliphatic carboxylic acids is 1. The molecule has 0 radical (unpaired) electrons. The van der Waals surface area contributed by atoms with E-state index >= 15 is 0 Å². The molecule has 8 heteroatoms. The Balaban J connectivity index is 2.56. The van der Waals surface area contributed by atoms with E-state index in [0.717, 1.165) is 5.56 Å². The average molecular weight is 303 g/mol. The van der Waals surface area contributed by atoms with Gasteiger partial charge in [-0.15, -0.1) is 0 Å². The Labute approximate surface area is 119 Å². The smallest absolute Gasteiger partial charge is 0.387 e. The highest BCUT2D eigenvalue weighted by Gasteiger charge is 2.11. The number of amides is 1. The van der Waals surface area contributed by atoms with E-state index in [1.165, 1.54) is 19.2 Å². The minimum absolute atomic E-state index is 0.0776. The van der Waals surface area contributed by atoms with E-state index in [0.29, 0.717) is 6.42 Å². The van der Waals surface area contributed by atoms with Crippen molar-refractivity contribution in [2.45, 2.75) is 19.5 Å². The maximum atomic E-state index is 12.2. The largest absolute Gasteiger partial charge is 0.493 e. The molecule has 0 atom stereocenters. The van der Waals surface area contributed by atoms with Crippen LogP contribution < -0.4 is 14.8 Å². The third-order valence-corrected chi connectivity index (χ3v) is 2.49. The van der Waals surface area contributed by atoms with E-state index in [-0.39, 0.29) is 18.0 Å². The Morgan fingerprint density at radius 1 is 1.33 bits per heavy atom. The Kier molecular flexibility index (Phi) is 6.38. The molecule has 116 valence electrons. The van der Waals surface area contributed by atoms with Crippen LogP contribution in [0.3, 0.4) is 0 Å². The molecule has 0 aliphatic rings. The molecular formula is C13H15F2NO5. The van der Waals surface area contributed by atoms with Crippen molar-refractivity contribution >= 4 is 11.9 Å². The van der Waals surface area contributed by atoms with E-state index in [4.69, 9.17) is 9.84 Å². The van der Waals surface area contributed by atoms with Crippen molar-refractivity contribution in [1.82, 2.24) is 5.32 Å². The van der Waals surface area contributed by atoms with Crippen LogP contribution in [0, 0.1) is 0 Å². The summed E-state index contributed by atoms with van der Waals surface area (Å²) in [5.41, 5.74) is 0.726. The van der Waals surface area contributed by atoms with Crippen molar-refractivity contribution in [2.24, 2.45) is 0 Å². The fourth-order valence-electron chi connectivity index (χ4n) is 1.61. The minimum atomic E-state index is -2.94. The highest BCUT2D eigenvalue weighted by molar-refractivity contribution is 5.93. The fourth-order valence-corrected chi connectivity index (χ4v) is 1.61. The molecule has 0 heterocycles. The van der Waals surface area contributed by atoms with Gasteiger partial charge in [0.15, 0.2) is 11.5 Å². The zero-order valence-corrected chi connectivity index (χ0v) is 11.3. The molecule has 1 aromatic rings. The number of carbonyl (C=O) groups excluding carboxylic acids is 1. The molecule has 6 nitrogen and oxygen atoms in total. The van der Waals surface area contributed by atoms with E-state index in [1.54, 1.807) is 6.07 Å². The molecule has 2 N–H and O–H groups in total. The molecule has 21 heavy (non-hydrogen) atoms. The van der Waals surface area contributed by atoms with Crippen LogP contribution in [0.4, 0.5) is 8.78 Å². The summed E-state index contributed by atoms with van der Waals surface area (Å²) < 4.78 is 33.5. The van der Waals surface area contributed by atoms with Gasteiger partial charge in [-0.25, -0.2) is 0 Å². The van der Waals surface area contributed by atoms with Gasteiger partial charge in [0.05, 0.1) is 7.11 Å². The van der Waals surface area contributed by atoms with Crippen LogP contribution in [0.2, 0.25) is 0 Å². The number of halogens is 2. The van der Waals surface area contributed by atoms with Gasteiger partial charge in [0, 0.05) is 6.54 Å². The fraction of sp³-hybridized carbons (Fsp3) is 0.385. The van der Waals surface area contributed by atoms with Crippen LogP contribution in [0.15, 0.2) is 18.2 Å². The predicted molar refractivity (Wildman–Crippen MR) is 68.6 cm³/mol. The molecule has 0 saturated heterocycles. The SMILES string of the molecule is COc1cc(CCNC(=O)CC(=O)O)ccc1OC(F)F. The number of rotatable bonds is 8. The first-order valence-corrected chi connectivity index (χ1v) is 6.02. The van der Waals surface area contributed by atoms with Gasteiger partial charge in [-0.05, 0) is 24.1 Å². The van der Waals surface area contributed by atoms with Crippen LogP contribution in [0.1, 0.15) is 12.0 Å². The number of methoxy groups -OCH3 is 1. The van der Waals surface area contributed by atoms with Crippen molar-refractivity contribution in [1.29, 1.82) is 0 Å². The summed E-state index contributed by atoms with van der Waals surface area (Å²) in [6.07, 6.45) is -0.193. The van der Waals surface area contributed by atoms with Crippen LogP contribution in [0.25, 0.3) is 0 Å². The highest BCUT2D eigenvalue weighted by atomic mass is 19.3. The Hall–Kier alpha value is -2.38. The molecule has 0 unspecified atom stereocenters. The zero-order valence-electron chi connectivity index (χ0n) is 11.3. The number of carboxylic acids is 1. The second-order valence-electron chi connectivity index (χ2n) is 4.03. The monoisotopic (exact) mass is 303 g/mol. The van der Waals surface area contributed by atoms with E-state index in [2.05, 4.69) is 10.1 Å². The summed E-state index contributed by atoms with van der Waals surface area (Å²) >= 11 is 0. The van der Waals surface area contributed by atoms with Gasteiger partial charge in [-0.3, -0.25) is 9.59 Å². The van der Waals surface area contributed by atoms with Crippen molar-refractivity contribution in [3.8, 4) is 11.5 Å². The summed E-state index contributed by atoms with van der Waals surface area (Å²) in [4.78, 5) is 21.4. The topological polar surface area (TPSA) is 84.9 Å². The van der Waals surface area contributed by atoms with E-state index in [9.17, 15) is 18.4 Å². The lowest BCUT2D eigenvalue weighted by Crippen LogP contribution is -2.27. The number of ether oxygens (including phenoxy) is 2. The summed E-state index contributed by atoms with van der Waals surface area (Å²) in [6.45, 7) is -2.72. The van der Waals surface area contributed by atoms with Crippen molar-refractivity contribution in [2.75, 3.05) is 13.7 Å². The Morgan fingerprint density at radius 2 is 2.05 bits per heavy atom. The normalized spacial score (nSPS) is 10.3. The lowest BCUT2D eigenvalue weighted by Gasteiger charge is -2.11. The van der Waals surface area contributed by atoms with Gasteiger partial charge in [0.25, 0.3) is 0 Å². The van der Waals surface area contributed by atoms with Crippen molar-refractivity contribution in [3.05, 3.63) is 23.8 Å².